The number of hydrogen-bond acceptors (Lipinski definition) is 2. The number of benzene rings is 1. The van der Waals surface area contributed by atoms with Crippen molar-refractivity contribution < 1.29 is 23.5 Å². The lowest BCUT2D eigenvalue weighted by molar-refractivity contribution is -0.138. The number of piperidine rings is 1. The average Bonchev–Trinajstić information content (AvgIpc) is 2.43. The van der Waals surface area contributed by atoms with Gasteiger partial charge in [-0.1, -0.05) is 0 Å². The molecule has 1 aromatic rings. The van der Waals surface area contributed by atoms with E-state index in [0.29, 0.717) is 13.0 Å². The summed E-state index contributed by atoms with van der Waals surface area (Å²) in [6, 6.07) is 2.21. The number of halogens is 2. The van der Waals surface area contributed by atoms with E-state index in [1.807, 2.05) is 0 Å². The van der Waals surface area contributed by atoms with Gasteiger partial charge in [-0.2, -0.15) is 0 Å². The monoisotopic (exact) mass is 298 g/mol. The molecule has 2 N–H and O–H groups in total. The summed E-state index contributed by atoms with van der Waals surface area (Å²) in [5.74, 6) is -3.00. The maximum absolute atomic E-state index is 13.1. The SMILES string of the molecule is O=C(O)CC1CCCCN1C(=O)Nc1ccc(F)c(F)c1. The molecule has 0 spiro atoms. The highest BCUT2D eigenvalue weighted by molar-refractivity contribution is 5.89. The molecule has 114 valence electrons. The Bertz CT molecular complexity index is 551. The lowest BCUT2D eigenvalue weighted by Gasteiger charge is -2.34. The summed E-state index contributed by atoms with van der Waals surface area (Å²) in [4.78, 5) is 24.4. The van der Waals surface area contributed by atoms with Crippen LogP contribution in [0, 0.1) is 11.6 Å². The van der Waals surface area contributed by atoms with Gasteiger partial charge in [-0.3, -0.25) is 4.79 Å². The normalized spacial score (nSPS) is 18.4. The fourth-order valence-corrected chi connectivity index (χ4v) is 2.45. The van der Waals surface area contributed by atoms with Crippen LogP contribution in [-0.4, -0.2) is 34.6 Å². The largest absolute Gasteiger partial charge is 0.481 e. The second-order valence-corrected chi connectivity index (χ2v) is 5.00. The van der Waals surface area contributed by atoms with Gasteiger partial charge in [-0.05, 0) is 31.4 Å². The zero-order chi connectivity index (χ0) is 15.4. The van der Waals surface area contributed by atoms with Crippen LogP contribution in [0.1, 0.15) is 25.7 Å². The molecule has 0 aliphatic carbocycles. The van der Waals surface area contributed by atoms with Crippen molar-refractivity contribution in [3.63, 3.8) is 0 Å². The minimum atomic E-state index is -1.05. The number of aliphatic carboxylic acids is 1. The predicted octanol–water partition coefficient (Wildman–Crippen LogP) is 2.83. The molecule has 7 heteroatoms. The number of nitrogens with one attached hydrogen (secondary N) is 1. The quantitative estimate of drug-likeness (QED) is 0.901. The Morgan fingerprint density at radius 1 is 1.29 bits per heavy atom. The standard InChI is InChI=1S/C14H16F2N2O3/c15-11-5-4-9(7-12(11)16)17-14(21)18-6-2-1-3-10(18)8-13(19)20/h4-5,7,10H,1-3,6,8H2,(H,17,21)(H,19,20). The molecule has 2 amide bonds. The van der Waals surface area contributed by atoms with Gasteiger partial charge in [-0.15, -0.1) is 0 Å². The summed E-state index contributed by atoms with van der Waals surface area (Å²) >= 11 is 0. The summed E-state index contributed by atoms with van der Waals surface area (Å²) in [7, 11) is 0. The van der Waals surface area contributed by atoms with Gasteiger partial charge < -0.3 is 15.3 Å². The van der Waals surface area contributed by atoms with Crippen LogP contribution in [-0.2, 0) is 4.79 Å². The lowest BCUT2D eigenvalue weighted by Crippen LogP contribution is -2.46. The first-order valence-electron chi connectivity index (χ1n) is 6.72. The van der Waals surface area contributed by atoms with Gasteiger partial charge in [0.25, 0.3) is 0 Å². The van der Waals surface area contributed by atoms with Crippen molar-refractivity contribution in [2.24, 2.45) is 0 Å². The molecule has 2 rings (SSSR count). The van der Waals surface area contributed by atoms with Crippen LogP contribution in [0.25, 0.3) is 0 Å². The maximum Gasteiger partial charge on any atom is 0.322 e. The minimum absolute atomic E-state index is 0.120. The molecular formula is C14H16F2N2O3. The Morgan fingerprint density at radius 3 is 2.71 bits per heavy atom. The van der Waals surface area contributed by atoms with Crippen LogP contribution >= 0.6 is 0 Å². The summed E-state index contributed by atoms with van der Waals surface area (Å²) in [5.41, 5.74) is 0.138. The third kappa shape index (κ3) is 3.90. The number of likely N-dealkylation sites (tertiary alicyclic amines) is 1. The summed E-state index contributed by atoms with van der Waals surface area (Å²) in [5, 5.41) is 11.3. The van der Waals surface area contributed by atoms with Gasteiger partial charge in [0.05, 0.1) is 6.42 Å². The van der Waals surface area contributed by atoms with E-state index >= 15 is 0 Å². The van der Waals surface area contributed by atoms with Crippen molar-refractivity contribution in [3.05, 3.63) is 29.8 Å². The molecular weight excluding hydrogens is 282 g/mol. The highest BCUT2D eigenvalue weighted by Gasteiger charge is 2.28. The molecule has 0 radical (unpaired) electrons. The van der Waals surface area contributed by atoms with Crippen LogP contribution in [0.15, 0.2) is 18.2 Å². The van der Waals surface area contributed by atoms with E-state index in [2.05, 4.69) is 5.32 Å². The molecule has 1 aliphatic rings. The molecule has 1 saturated heterocycles. The fraction of sp³-hybridized carbons (Fsp3) is 0.429. The number of urea groups is 1. The molecule has 1 heterocycles. The van der Waals surface area contributed by atoms with Crippen LogP contribution in [0.5, 0.6) is 0 Å². The summed E-state index contributed by atoms with van der Waals surface area (Å²) in [6.45, 7) is 0.452. The molecule has 1 aromatic carbocycles. The predicted molar refractivity (Wildman–Crippen MR) is 72.0 cm³/mol. The van der Waals surface area contributed by atoms with Crippen molar-refractivity contribution in [2.75, 3.05) is 11.9 Å². The van der Waals surface area contributed by atoms with Crippen LogP contribution in [0.2, 0.25) is 0 Å². The fourth-order valence-electron chi connectivity index (χ4n) is 2.45. The second-order valence-electron chi connectivity index (χ2n) is 5.00. The molecule has 5 nitrogen and oxygen atoms in total. The van der Waals surface area contributed by atoms with E-state index in [-0.39, 0.29) is 18.2 Å². The van der Waals surface area contributed by atoms with Gasteiger partial charge in [0.2, 0.25) is 0 Å². The van der Waals surface area contributed by atoms with Gasteiger partial charge in [0.1, 0.15) is 0 Å². The van der Waals surface area contributed by atoms with Crippen molar-refractivity contribution >= 4 is 17.7 Å². The number of hydrogen-bond donors (Lipinski definition) is 2. The van der Waals surface area contributed by atoms with Crippen molar-refractivity contribution in [1.82, 2.24) is 4.90 Å². The van der Waals surface area contributed by atoms with E-state index in [4.69, 9.17) is 5.11 Å². The molecule has 1 atom stereocenters. The molecule has 1 fully saturated rings. The van der Waals surface area contributed by atoms with Crippen molar-refractivity contribution in [1.29, 1.82) is 0 Å². The smallest absolute Gasteiger partial charge is 0.322 e. The first kappa shape index (κ1) is 15.2. The van der Waals surface area contributed by atoms with Gasteiger partial charge in [0, 0.05) is 24.3 Å². The molecule has 21 heavy (non-hydrogen) atoms. The minimum Gasteiger partial charge on any atom is -0.481 e. The lowest BCUT2D eigenvalue weighted by atomic mass is 10.00. The number of anilines is 1. The van der Waals surface area contributed by atoms with Crippen molar-refractivity contribution in [3.8, 4) is 0 Å². The number of carbonyl (C=O) groups excluding carboxylic acids is 1. The van der Waals surface area contributed by atoms with E-state index in [1.165, 1.54) is 11.0 Å². The molecule has 1 unspecified atom stereocenters. The van der Waals surface area contributed by atoms with Gasteiger partial charge in [0.15, 0.2) is 11.6 Å². The summed E-state index contributed by atoms with van der Waals surface area (Å²) in [6.07, 6.45) is 2.16. The summed E-state index contributed by atoms with van der Waals surface area (Å²) < 4.78 is 25.9. The zero-order valence-electron chi connectivity index (χ0n) is 11.3. The number of nitrogens with zero attached hydrogens (tertiary/aromatic N) is 1. The Kier molecular flexibility index (Phi) is 4.72. The Morgan fingerprint density at radius 2 is 2.05 bits per heavy atom. The van der Waals surface area contributed by atoms with Crippen molar-refractivity contribution in [2.45, 2.75) is 31.7 Å². The zero-order valence-corrected chi connectivity index (χ0v) is 11.3. The molecule has 0 aromatic heterocycles. The number of carboxylic acids is 1. The van der Waals surface area contributed by atoms with Gasteiger partial charge in [-0.25, -0.2) is 13.6 Å². The number of carbonyl (C=O) groups is 2. The Hall–Kier alpha value is -2.18. The number of amides is 2. The van der Waals surface area contributed by atoms with Crippen LogP contribution in [0.4, 0.5) is 19.3 Å². The molecule has 0 bridgehead atoms. The van der Waals surface area contributed by atoms with E-state index in [9.17, 15) is 18.4 Å². The third-order valence-electron chi connectivity index (χ3n) is 3.47. The maximum atomic E-state index is 13.1. The highest BCUT2D eigenvalue weighted by Crippen LogP contribution is 2.21. The van der Waals surface area contributed by atoms with E-state index < -0.39 is 23.6 Å². The Labute approximate surface area is 120 Å². The third-order valence-corrected chi connectivity index (χ3v) is 3.47. The van der Waals surface area contributed by atoms with Gasteiger partial charge >= 0.3 is 12.0 Å². The average molecular weight is 298 g/mol. The topological polar surface area (TPSA) is 69.6 Å². The van der Waals surface area contributed by atoms with E-state index in [0.717, 1.165) is 25.0 Å². The van der Waals surface area contributed by atoms with E-state index in [1.54, 1.807) is 0 Å². The Balaban J connectivity index is 2.06. The molecule has 0 saturated carbocycles. The number of rotatable bonds is 3. The number of carboxylic acid groups (broad SMARTS) is 1. The van der Waals surface area contributed by atoms with Crippen LogP contribution < -0.4 is 5.32 Å². The van der Waals surface area contributed by atoms with Crippen LogP contribution in [0.3, 0.4) is 0 Å². The highest BCUT2D eigenvalue weighted by atomic mass is 19.2. The molecule has 1 aliphatic heterocycles. The first-order valence-corrected chi connectivity index (χ1v) is 6.72. The first-order chi connectivity index (χ1) is 9.97. The second kappa shape index (κ2) is 6.51.